The van der Waals surface area contributed by atoms with Crippen molar-refractivity contribution in [2.45, 2.75) is 6.18 Å². The molecule has 1 fully saturated rings. The van der Waals surface area contributed by atoms with Crippen molar-refractivity contribution in [2.75, 3.05) is 25.0 Å². The van der Waals surface area contributed by atoms with Gasteiger partial charge in [-0.3, -0.25) is 15.5 Å². The van der Waals surface area contributed by atoms with Gasteiger partial charge in [0.1, 0.15) is 17.6 Å². The average molecular weight is 379 g/mol. The molecule has 2 rings (SSSR count). The molecule has 0 bridgehead atoms. The average Bonchev–Trinajstić information content (AvgIpc) is 2.49. The van der Waals surface area contributed by atoms with Crippen LogP contribution in [0.25, 0.3) is 0 Å². The topological polar surface area (TPSA) is 124 Å². The fourth-order valence-electron chi connectivity index (χ4n) is 2.12. The van der Waals surface area contributed by atoms with Crippen LogP contribution in [0.3, 0.4) is 0 Å². The van der Waals surface area contributed by atoms with Crippen molar-refractivity contribution in [2.24, 2.45) is 11.7 Å². The van der Waals surface area contributed by atoms with E-state index < -0.39 is 29.6 Å². The van der Waals surface area contributed by atoms with Gasteiger partial charge in [0.15, 0.2) is 0 Å². The number of pyridine rings is 1. The molecule has 0 radical (unpaired) electrons. The summed E-state index contributed by atoms with van der Waals surface area (Å²) in [5.74, 6) is -1.92. The van der Waals surface area contributed by atoms with Gasteiger partial charge in [0, 0.05) is 25.8 Å². The second-order valence-electron chi connectivity index (χ2n) is 5.23. The number of aromatic nitrogens is 1. The monoisotopic (exact) mass is 378 g/mol. The Balaban J connectivity index is 1.95. The number of nitrogens with one attached hydrogen (secondary N) is 3. The number of alkyl halides is 3. The van der Waals surface area contributed by atoms with Gasteiger partial charge in [-0.25, -0.2) is 9.78 Å². The first-order chi connectivity index (χ1) is 11.6. The Morgan fingerprint density at radius 2 is 2.20 bits per heavy atom. The van der Waals surface area contributed by atoms with E-state index in [9.17, 15) is 22.8 Å². The fraction of sp³-hybridized carbons (Fsp3) is 0.385. The number of nitrogens with zero attached hydrogens (tertiary/aromatic N) is 2. The molecule has 1 aromatic heterocycles. The minimum atomic E-state index is -4.55. The van der Waals surface area contributed by atoms with Crippen molar-refractivity contribution in [3.05, 3.63) is 22.8 Å². The molecule has 1 atom stereocenters. The highest BCUT2D eigenvalue weighted by Gasteiger charge is 2.34. The van der Waals surface area contributed by atoms with E-state index in [1.54, 1.807) is 0 Å². The van der Waals surface area contributed by atoms with Crippen LogP contribution in [0.1, 0.15) is 5.56 Å². The van der Waals surface area contributed by atoms with Gasteiger partial charge in [-0.1, -0.05) is 11.6 Å². The number of urea groups is 1. The molecule has 1 saturated heterocycles. The number of amides is 3. The van der Waals surface area contributed by atoms with E-state index in [-0.39, 0.29) is 36.3 Å². The number of imide groups is 1. The standard InChI is InChI=1S/C13H14ClF3N6O2/c14-8-3-6(13(15,16)17)4-21-10(8)20-1-2-23-5-7(9(18)19)11(24)22-12(23)25/h3-4,7H,1-2,5H2,(H3,18,19)(H,20,21)(H,22,24,25). The highest BCUT2D eigenvalue weighted by atomic mass is 35.5. The maximum atomic E-state index is 12.5. The van der Waals surface area contributed by atoms with Crippen LogP contribution >= 0.6 is 11.6 Å². The second-order valence-corrected chi connectivity index (χ2v) is 5.63. The molecular weight excluding hydrogens is 365 g/mol. The summed E-state index contributed by atoms with van der Waals surface area (Å²) in [7, 11) is 0. The lowest BCUT2D eigenvalue weighted by atomic mass is 10.1. The Labute approximate surface area is 145 Å². The third-order valence-corrected chi connectivity index (χ3v) is 3.74. The summed E-state index contributed by atoms with van der Waals surface area (Å²) in [5, 5.41) is 11.9. The van der Waals surface area contributed by atoms with Gasteiger partial charge in [0.2, 0.25) is 5.91 Å². The van der Waals surface area contributed by atoms with Crippen LogP contribution in [0.15, 0.2) is 12.3 Å². The van der Waals surface area contributed by atoms with E-state index in [0.29, 0.717) is 6.20 Å². The van der Waals surface area contributed by atoms with Crippen molar-refractivity contribution in [1.29, 1.82) is 5.41 Å². The number of amidine groups is 1. The van der Waals surface area contributed by atoms with Gasteiger partial charge < -0.3 is 16.0 Å². The zero-order valence-electron chi connectivity index (χ0n) is 12.7. The summed E-state index contributed by atoms with van der Waals surface area (Å²) in [6, 6.07) is 0.102. The molecule has 1 aliphatic heterocycles. The Morgan fingerprint density at radius 3 is 2.76 bits per heavy atom. The first kappa shape index (κ1) is 18.8. The molecule has 0 saturated carbocycles. The van der Waals surface area contributed by atoms with E-state index >= 15 is 0 Å². The van der Waals surface area contributed by atoms with Crippen LogP contribution in [0.5, 0.6) is 0 Å². The molecule has 25 heavy (non-hydrogen) atoms. The zero-order chi connectivity index (χ0) is 18.8. The highest BCUT2D eigenvalue weighted by molar-refractivity contribution is 6.32. The molecule has 0 aliphatic carbocycles. The molecule has 1 unspecified atom stereocenters. The van der Waals surface area contributed by atoms with Crippen LogP contribution in [0.2, 0.25) is 5.02 Å². The van der Waals surface area contributed by atoms with E-state index in [4.69, 9.17) is 22.7 Å². The Kier molecular flexibility index (Phi) is 5.36. The Morgan fingerprint density at radius 1 is 1.52 bits per heavy atom. The van der Waals surface area contributed by atoms with Crippen molar-refractivity contribution >= 4 is 35.2 Å². The van der Waals surface area contributed by atoms with Gasteiger partial charge in [-0.05, 0) is 6.07 Å². The molecule has 0 spiro atoms. The maximum Gasteiger partial charge on any atom is 0.417 e. The fourth-order valence-corrected chi connectivity index (χ4v) is 2.36. The molecule has 1 aromatic rings. The van der Waals surface area contributed by atoms with Crippen LogP contribution in [0, 0.1) is 11.3 Å². The minimum Gasteiger partial charge on any atom is -0.387 e. The van der Waals surface area contributed by atoms with Crippen molar-refractivity contribution in [3.8, 4) is 0 Å². The van der Waals surface area contributed by atoms with E-state index in [2.05, 4.69) is 15.6 Å². The van der Waals surface area contributed by atoms with Crippen LogP contribution < -0.4 is 16.4 Å². The van der Waals surface area contributed by atoms with Crippen molar-refractivity contribution in [3.63, 3.8) is 0 Å². The summed E-state index contributed by atoms with van der Waals surface area (Å²) >= 11 is 5.76. The summed E-state index contributed by atoms with van der Waals surface area (Å²) in [4.78, 5) is 28.1. The third-order valence-electron chi connectivity index (χ3n) is 3.45. The maximum absolute atomic E-state index is 12.5. The van der Waals surface area contributed by atoms with E-state index in [1.165, 1.54) is 4.90 Å². The van der Waals surface area contributed by atoms with Gasteiger partial charge >= 0.3 is 12.2 Å². The second kappa shape index (κ2) is 7.13. The number of carbonyl (C=O) groups is 2. The summed E-state index contributed by atoms with van der Waals surface area (Å²) in [6.07, 6.45) is -3.90. The Bertz CT molecular complexity index is 711. The largest absolute Gasteiger partial charge is 0.417 e. The van der Waals surface area contributed by atoms with Gasteiger partial charge in [-0.15, -0.1) is 0 Å². The molecular formula is C13H14ClF3N6O2. The normalized spacial score (nSPS) is 18.1. The van der Waals surface area contributed by atoms with Crippen molar-refractivity contribution in [1.82, 2.24) is 15.2 Å². The van der Waals surface area contributed by atoms with Crippen molar-refractivity contribution < 1.29 is 22.8 Å². The summed E-state index contributed by atoms with van der Waals surface area (Å²) < 4.78 is 37.6. The van der Waals surface area contributed by atoms with Gasteiger partial charge in [-0.2, -0.15) is 13.2 Å². The number of hydrogen-bond acceptors (Lipinski definition) is 5. The minimum absolute atomic E-state index is 0.0336. The first-order valence-corrected chi connectivity index (χ1v) is 7.37. The predicted molar refractivity (Wildman–Crippen MR) is 83.3 cm³/mol. The summed E-state index contributed by atoms with van der Waals surface area (Å²) in [5.41, 5.74) is 4.33. The van der Waals surface area contributed by atoms with Crippen LogP contribution in [0.4, 0.5) is 23.8 Å². The van der Waals surface area contributed by atoms with Gasteiger partial charge in [0.05, 0.1) is 10.6 Å². The number of rotatable bonds is 5. The lowest BCUT2D eigenvalue weighted by Gasteiger charge is -2.31. The number of anilines is 1. The van der Waals surface area contributed by atoms with Crippen LogP contribution in [-0.4, -0.2) is 47.3 Å². The molecule has 8 nitrogen and oxygen atoms in total. The number of hydrogen-bond donors (Lipinski definition) is 4. The molecule has 12 heteroatoms. The molecule has 1 aliphatic rings. The molecule has 3 amide bonds. The van der Waals surface area contributed by atoms with Gasteiger partial charge in [0.25, 0.3) is 0 Å². The smallest absolute Gasteiger partial charge is 0.387 e. The molecule has 136 valence electrons. The molecule has 2 heterocycles. The summed E-state index contributed by atoms with van der Waals surface area (Å²) in [6.45, 7) is 0.155. The third kappa shape index (κ3) is 4.50. The SMILES string of the molecule is N=C(N)C1CN(CCNc2ncc(C(F)(F)F)cc2Cl)C(=O)NC1=O. The van der Waals surface area contributed by atoms with E-state index in [0.717, 1.165) is 6.07 Å². The zero-order valence-corrected chi connectivity index (χ0v) is 13.4. The van der Waals surface area contributed by atoms with Crippen LogP contribution in [-0.2, 0) is 11.0 Å². The lowest BCUT2D eigenvalue weighted by Crippen LogP contribution is -2.58. The first-order valence-electron chi connectivity index (χ1n) is 7.00. The lowest BCUT2D eigenvalue weighted by molar-refractivity contribution is -0.137. The number of halogens is 4. The molecule has 0 aromatic carbocycles. The number of nitrogens with two attached hydrogens (primary N) is 1. The quantitative estimate of drug-likeness (QED) is 0.453. The van der Waals surface area contributed by atoms with E-state index in [1.807, 2.05) is 0 Å². The Hall–Kier alpha value is -2.56. The molecule has 5 N–H and O–H groups in total. The predicted octanol–water partition coefficient (Wildman–Crippen LogP) is 1.27. The highest BCUT2D eigenvalue weighted by Crippen LogP contribution is 2.32. The number of carbonyl (C=O) groups excluding carboxylic acids is 2.